The summed E-state index contributed by atoms with van der Waals surface area (Å²) in [5, 5.41) is 0. The smallest absolute Gasteiger partial charge is 0.334 e. The second kappa shape index (κ2) is 9.59. The molecule has 120 valence electrons. The van der Waals surface area contributed by atoms with Gasteiger partial charge in [-0.2, -0.15) is 0 Å². The van der Waals surface area contributed by atoms with Crippen molar-refractivity contribution in [1.29, 1.82) is 0 Å². The largest absolute Gasteiger partial charge is 0.466 e. The van der Waals surface area contributed by atoms with E-state index in [0.717, 1.165) is 51.4 Å². The van der Waals surface area contributed by atoms with Crippen LogP contribution >= 0.6 is 0 Å². The number of hydrogen-bond donors (Lipinski definition) is 0. The molecule has 0 radical (unpaired) electrons. The van der Waals surface area contributed by atoms with E-state index in [2.05, 4.69) is 6.92 Å². The molecule has 1 fully saturated rings. The highest BCUT2D eigenvalue weighted by Crippen LogP contribution is 2.35. The zero-order valence-electron chi connectivity index (χ0n) is 13.6. The summed E-state index contributed by atoms with van der Waals surface area (Å²) in [6.07, 6.45) is 9.00. The molecule has 0 unspecified atom stereocenters. The van der Waals surface area contributed by atoms with Crippen LogP contribution in [0.15, 0.2) is 11.1 Å². The predicted octanol–water partition coefficient (Wildman–Crippen LogP) is 3.79. The molecule has 0 atom stereocenters. The van der Waals surface area contributed by atoms with E-state index in [0.29, 0.717) is 17.6 Å². The van der Waals surface area contributed by atoms with Crippen LogP contribution in [-0.2, 0) is 19.1 Å². The lowest BCUT2D eigenvalue weighted by atomic mass is 9.90. The van der Waals surface area contributed by atoms with Crippen LogP contribution in [-0.4, -0.2) is 26.2 Å². The Labute approximate surface area is 127 Å². The summed E-state index contributed by atoms with van der Waals surface area (Å²) in [5.74, 6) is -0.589. The molecule has 0 bridgehead atoms. The van der Waals surface area contributed by atoms with Gasteiger partial charge in [0.25, 0.3) is 0 Å². The lowest BCUT2D eigenvalue weighted by molar-refractivity contribution is -0.140. The van der Waals surface area contributed by atoms with Gasteiger partial charge >= 0.3 is 11.9 Å². The monoisotopic (exact) mass is 296 g/mol. The number of hydrogen-bond acceptors (Lipinski definition) is 4. The van der Waals surface area contributed by atoms with Gasteiger partial charge in [-0.05, 0) is 31.6 Å². The van der Waals surface area contributed by atoms with Gasteiger partial charge in [-0.1, -0.05) is 39.0 Å². The lowest BCUT2D eigenvalue weighted by Gasteiger charge is -2.17. The third-order valence-electron chi connectivity index (χ3n) is 4.21. The number of methoxy groups -OCH3 is 2. The Morgan fingerprint density at radius 1 is 0.952 bits per heavy atom. The van der Waals surface area contributed by atoms with Gasteiger partial charge < -0.3 is 9.47 Å². The van der Waals surface area contributed by atoms with Crippen LogP contribution in [0.5, 0.6) is 0 Å². The molecule has 0 amide bonds. The average molecular weight is 296 g/mol. The SMILES string of the molecule is CCCCCC/C(C(=O)OC)=C(/C(=O)OC)C1CCCC1. The van der Waals surface area contributed by atoms with Gasteiger partial charge in [0.2, 0.25) is 0 Å². The highest BCUT2D eigenvalue weighted by atomic mass is 16.5. The van der Waals surface area contributed by atoms with Gasteiger partial charge in [0, 0.05) is 5.57 Å². The molecular weight excluding hydrogens is 268 g/mol. The highest BCUT2D eigenvalue weighted by Gasteiger charge is 2.30. The quantitative estimate of drug-likeness (QED) is 0.388. The van der Waals surface area contributed by atoms with E-state index < -0.39 is 0 Å². The second-order valence-corrected chi connectivity index (χ2v) is 5.67. The van der Waals surface area contributed by atoms with Crippen molar-refractivity contribution >= 4 is 11.9 Å². The number of ether oxygens (including phenoxy) is 2. The summed E-state index contributed by atoms with van der Waals surface area (Å²) in [4.78, 5) is 24.3. The molecule has 1 aliphatic carbocycles. The van der Waals surface area contributed by atoms with E-state index in [-0.39, 0.29) is 17.9 Å². The molecule has 1 aliphatic rings. The maximum Gasteiger partial charge on any atom is 0.334 e. The Balaban J connectivity index is 2.98. The molecule has 4 heteroatoms. The summed E-state index contributed by atoms with van der Waals surface area (Å²) >= 11 is 0. The Morgan fingerprint density at radius 3 is 2.10 bits per heavy atom. The van der Waals surface area contributed by atoms with Gasteiger partial charge in [-0.25, -0.2) is 9.59 Å². The average Bonchev–Trinajstić information content (AvgIpc) is 3.02. The minimum atomic E-state index is -0.376. The summed E-state index contributed by atoms with van der Waals surface area (Å²) in [7, 11) is 2.75. The minimum absolute atomic E-state index is 0.151. The molecule has 0 N–H and O–H groups in total. The fourth-order valence-corrected chi connectivity index (χ4v) is 3.06. The molecule has 0 spiro atoms. The van der Waals surface area contributed by atoms with Crippen molar-refractivity contribution in [3.63, 3.8) is 0 Å². The fraction of sp³-hybridized carbons (Fsp3) is 0.765. The van der Waals surface area contributed by atoms with E-state index in [9.17, 15) is 9.59 Å². The maximum atomic E-state index is 12.2. The molecule has 4 nitrogen and oxygen atoms in total. The maximum absolute atomic E-state index is 12.2. The second-order valence-electron chi connectivity index (χ2n) is 5.67. The van der Waals surface area contributed by atoms with Gasteiger partial charge in [0.1, 0.15) is 0 Å². The Morgan fingerprint density at radius 2 is 1.57 bits per heavy atom. The first-order chi connectivity index (χ1) is 10.2. The van der Waals surface area contributed by atoms with Crippen LogP contribution in [0.25, 0.3) is 0 Å². The first-order valence-corrected chi connectivity index (χ1v) is 8.05. The van der Waals surface area contributed by atoms with Crippen molar-refractivity contribution in [2.45, 2.75) is 64.7 Å². The molecule has 21 heavy (non-hydrogen) atoms. The standard InChI is InChI=1S/C17H28O4/c1-4-5-6-7-12-14(16(18)20-2)15(17(19)21-3)13-10-8-9-11-13/h13H,4-12H2,1-3H3/b15-14-. The molecular formula is C17H28O4. The minimum Gasteiger partial charge on any atom is -0.466 e. The van der Waals surface area contributed by atoms with Crippen LogP contribution in [0.4, 0.5) is 0 Å². The van der Waals surface area contributed by atoms with Gasteiger partial charge in [0.05, 0.1) is 19.8 Å². The molecule has 0 aromatic carbocycles. The predicted molar refractivity (Wildman–Crippen MR) is 81.8 cm³/mol. The van der Waals surface area contributed by atoms with Crippen molar-refractivity contribution < 1.29 is 19.1 Å². The summed E-state index contributed by atoms with van der Waals surface area (Å²) in [6, 6.07) is 0. The summed E-state index contributed by atoms with van der Waals surface area (Å²) in [6.45, 7) is 2.15. The molecule has 1 saturated carbocycles. The topological polar surface area (TPSA) is 52.6 Å². The van der Waals surface area contributed by atoms with E-state index in [1.54, 1.807) is 0 Å². The zero-order valence-corrected chi connectivity index (χ0v) is 13.6. The van der Waals surface area contributed by atoms with Crippen LogP contribution < -0.4 is 0 Å². The molecule has 0 aromatic rings. The van der Waals surface area contributed by atoms with Crippen LogP contribution in [0.2, 0.25) is 0 Å². The Kier molecular flexibility index (Phi) is 8.09. The van der Waals surface area contributed by atoms with Gasteiger partial charge in [-0.15, -0.1) is 0 Å². The van der Waals surface area contributed by atoms with Crippen molar-refractivity contribution in [2.75, 3.05) is 14.2 Å². The van der Waals surface area contributed by atoms with E-state index in [4.69, 9.17) is 9.47 Å². The molecule has 0 aromatic heterocycles. The van der Waals surface area contributed by atoms with Crippen LogP contribution in [0.3, 0.4) is 0 Å². The first-order valence-electron chi connectivity index (χ1n) is 8.05. The number of rotatable bonds is 8. The zero-order chi connectivity index (χ0) is 15.7. The Bertz CT molecular complexity index is 378. The first kappa shape index (κ1) is 17.7. The van der Waals surface area contributed by atoms with Crippen molar-refractivity contribution in [2.24, 2.45) is 5.92 Å². The van der Waals surface area contributed by atoms with Crippen LogP contribution in [0, 0.1) is 5.92 Å². The molecule has 0 aliphatic heterocycles. The number of carbonyl (C=O) groups excluding carboxylic acids is 2. The summed E-state index contributed by atoms with van der Waals surface area (Å²) in [5.41, 5.74) is 1.10. The van der Waals surface area contributed by atoms with E-state index in [1.165, 1.54) is 14.2 Å². The fourth-order valence-electron chi connectivity index (χ4n) is 3.06. The normalized spacial score (nSPS) is 16.5. The van der Waals surface area contributed by atoms with Gasteiger partial charge in [-0.3, -0.25) is 0 Å². The van der Waals surface area contributed by atoms with Crippen molar-refractivity contribution in [3.05, 3.63) is 11.1 Å². The number of unbranched alkanes of at least 4 members (excludes halogenated alkanes) is 3. The molecule has 0 heterocycles. The van der Waals surface area contributed by atoms with Crippen molar-refractivity contribution in [3.8, 4) is 0 Å². The third-order valence-corrected chi connectivity index (χ3v) is 4.21. The van der Waals surface area contributed by atoms with Gasteiger partial charge in [0.15, 0.2) is 0 Å². The summed E-state index contributed by atoms with van der Waals surface area (Å²) < 4.78 is 9.82. The molecule has 0 saturated heterocycles. The Hall–Kier alpha value is -1.32. The van der Waals surface area contributed by atoms with Crippen LogP contribution in [0.1, 0.15) is 64.7 Å². The lowest BCUT2D eigenvalue weighted by Crippen LogP contribution is -2.20. The van der Waals surface area contributed by atoms with E-state index >= 15 is 0 Å². The highest BCUT2D eigenvalue weighted by molar-refractivity contribution is 6.00. The van der Waals surface area contributed by atoms with Crippen molar-refractivity contribution in [1.82, 2.24) is 0 Å². The number of carbonyl (C=O) groups is 2. The van der Waals surface area contributed by atoms with E-state index in [1.807, 2.05) is 0 Å². The molecule has 1 rings (SSSR count). The number of esters is 2. The third kappa shape index (κ3) is 5.18.